The first-order valence-electron chi connectivity index (χ1n) is 7.25. The molecule has 2 amide bonds. The molecule has 1 unspecified atom stereocenters. The number of rotatable bonds is 3. The van der Waals surface area contributed by atoms with Crippen molar-refractivity contribution in [1.82, 2.24) is 9.80 Å². The van der Waals surface area contributed by atoms with E-state index < -0.39 is 0 Å². The predicted molar refractivity (Wildman–Crippen MR) is 78.0 cm³/mol. The van der Waals surface area contributed by atoms with Gasteiger partial charge in [-0.2, -0.15) is 0 Å². The van der Waals surface area contributed by atoms with E-state index in [0.29, 0.717) is 37.5 Å². The zero-order chi connectivity index (χ0) is 15.7. The van der Waals surface area contributed by atoms with Crippen LogP contribution in [0.4, 0.5) is 14.9 Å². The molecule has 1 N–H and O–H groups in total. The average molecular weight is 307 g/mol. The lowest BCUT2D eigenvalue weighted by molar-refractivity contribution is -0.117. The molecular weight excluding hydrogens is 289 g/mol. The van der Waals surface area contributed by atoms with Crippen molar-refractivity contribution in [3.63, 3.8) is 0 Å². The Morgan fingerprint density at radius 1 is 1.45 bits per heavy atom. The van der Waals surface area contributed by atoms with Crippen LogP contribution in [0.25, 0.3) is 0 Å². The molecule has 2 aliphatic rings. The van der Waals surface area contributed by atoms with Crippen molar-refractivity contribution in [2.75, 3.05) is 38.1 Å². The number of nitrogens with zero attached hydrogens (tertiary/aromatic N) is 2. The van der Waals surface area contributed by atoms with Gasteiger partial charge in [0, 0.05) is 30.9 Å². The third-order valence-corrected chi connectivity index (χ3v) is 4.11. The minimum Gasteiger partial charge on any atom is -0.447 e. The summed E-state index contributed by atoms with van der Waals surface area (Å²) in [6.07, 6.45) is -0.274. The Morgan fingerprint density at radius 2 is 2.27 bits per heavy atom. The first-order chi connectivity index (χ1) is 10.5. The largest absolute Gasteiger partial charge is 0.447 e. The van der Waals surface area contributed by atoms with Crippen molar-refractivity contribution in [3.05, 3.63) is 29.6 Å². The summed E-state index contributed by atoms with van der Waals surface area (Å²) in [5, 5.41) is 2.73. The van der Waals surface area contributed by atoms with Crippen LogP contribution in [0.2, 0.25) is 0 Å². The standard InChI is InChI=1S/C15H18FN3O3/c1-10-12(16)3-2-4-13(10)17-14(20)8-18-5-6-19-11(7-18)9-22-15(19)21/h2-4,11H,5-9H2,1H3,(H,17,20). The molecule has 2 heterocycles. The highest BCUT2D eigenvalue weighted by Gasteiger charge is 2.37. The van der Waals surface area contributed by atoms with E-state index in [1.807, 2.05) is 4.90 Å². The van der Waals surface area contributed by atoms with E-state index in [4.69, 9.17) is 4.74 Å². The molecule has 2 fully saturated rings. The second-order valence-corrected chi connectivity index (χ2v) is 5.62. The predicted octanol–water partition coefficient (Wildman–Crippen LogP) is 1.21. The van der Waals surface area contributed by atoms with Crippen LogP contribution in [0, 0.1) is 12.7 Å². The van der Waals surface area contributed by atoms with Gasteiger partial charge in [0.05, 0.1) is 12.6 Å². The molecule has 1 aromatic rings. The number of amides is 2. The Labute approximate surface area is 127 Å². The maximum atomic E-state index is 13.5. The third-order valence-electron chi connectivity index (χ3n) is 4.11. The third kappa shape index (κ3) is 2.89. The Bertz CT molecular complexity index is 608. The molecule has 0 saturated carbocycles. The molecule has 22 heavy (non-hydrogen) atoms. The van der Waals surface area contributed by atoms with Crippen LogP contribution in [-0.4, -0.2) is 60.6 Å². The van der Waals surface area contributed by atoms with Crippen molar-refractivity contribution in [3.8, 4) is 0 Å². The van der Waals surface area contributed by atoms with Crippen LogP contribution in [0.3, 0.4) is 0 Å². The van der Waals surface area contributed by atoms with E-state index >= 15 is 0 Å². The second-order valence-electron chi connectivity index (χ2n) is 5.62. The highest BCUT2D eigenvalue weighted by molar-refractivity contribution is 5.93. The summed E-state index contributed by atoms with van der Waals surface area (Å²) in [6, 6.07) is 4.63. The topological polar surface area (TPSA) is 61.9 Å². The van der Waals surface area contributed by atoms with Crippen molar-refractivity contribution in [1.29, 1.82) is 0 Å². The molecule has 1 atom stereocenters. The summed E-state index contributed by atoms with van der Waals surface area (Å²) in [5.41, 5.74) is 0.915. The molecule has 1 aromatic carbocycles. The van der Waals surface area contributed by atoms with E-state index in [1.165, 1.54) is 6.07 Å². The highest BCUT2D eigenvalue weighted by atomic mass is 19.1. The lowest BCUT2D eigenvalue weighted by Gasteiger charge is -2.34. The Kier molecular flexibility index (Phi) is 3.98. The number of cyclic esters (lactones) is 1. The molecule has 0 spiro atoms. The fraction of sp³-hybridized carbons (Fsp3) is 0.467. The van der Waals surface area contributed by atoms with Crippen molar-refractivity contribution >= 4 is 17.7 Å². The molecular formula is C15H18FN3O3. The van der Waals surface area contributed by atoms with Gasteiger partial charge >= 0.3 is 6.09 Å². The number of nitrogens with one attached hydrogen (secondary N) is 1. The summed E-state index contributed by atoms with van der Waals surface area (Å²) >= 11 is 0. The number of ether oxygens (including phenoxy) is 1. The number of carbonyl (C=O) groups excluding carboxylic acids is 2. The minimum atomic E-state index is -0.340. The minimum absolute atomic E-state index is 0.0185. The van der Waals surface area contributed by atoms with Gasteiger partial charge < -0.3 is 10.1 Å². The van der Waals surface area contributed by atoms with Crippen molar-refractivity contribution in [2.45, 2.75) is 13.0 Å². The van der Waals surface area contributed by atoms with Gasteiger partial charge in [0.25, 0.3) is 0 Å². The van der Waals surface area contributed by atoms with Gasteiger partial charge in [0.15, 0.2) is 0 Å². The SMILES string of the molecule is Cc1c(F)cccc1NC(=O)CN1CCN2C(=O)OCC2C1. The molecule has 6 nitrogen and oxygen atoms in total. The van der Waals surface area contributed by atoms with E-state index in [1.54, 1.807) is 24.0 Å². The van der Waals surface area contributed by atoms with Crippen LogP contribution in [0.5, 0.6) is 0 Å². The average Bonchev–Trinajstić information content (AvgIpc) is 2.85. The molecule has 7 heteroatoms. The summed E-state index contributed by atoms with van der Waals surface area (Å²) in [7, 11) is 0. The highest BCUT2D eigenvalue weighted by Crippen LogP contribution is 2.19. The normalized spacial score (nSPS) is 21.5. The Balaban J connectivity index is 1.56. The maximum Gasteiger partial charge on any atom is 0.410 e. The van der Waals surface area contributed by atoms with Gasteiger partial charge in [-0.05, 0) is 19.1 Å². The van der Waals surface area contributed by atoms with E-state index in [9.17, 15) is 14.0 Å². The molecule has 0 aliphatic carbocycles. The smallest absolute Gasteiger partial charge is 0.410 e. The monoisotopic (exact) mass is 307 g/mol. The summed E-state index contributed by atoms with van der Waals surface area (Å²) in [4.78, 5) is 27.2. The van der Waals surface area contributed by atoms with Gasteiger partial charge in [-0.15, -0.1) is 0 Å². The quantitative estimate of drug-likeness (QED) is 0.912. The fourth-order valence-electron chi connectivity index (χ4n) is 2.83. The lowest BCUT2D eigenvalue weighted by atomic mass is 10.2. The molecule has 3 rings (SSSR count). The number of benzene rings is 1. The van der Waals surface area contributed by atoms with Gasteiger partial charge in [-0.25, -0.2) is 9.18 Å². The molecule has 2 aliphatic heterocycles. The van der Waals surface area contributed by atoms with Gasteiger partial charge in [0.2, 0.25) is 5.91 Å². The number of carbonyl (C=O) groups is 2. The van der Waals surface area contributed by atoms with Crippen LogP contribution >= 0.6 is 0 Å². The number of fused-ring (bicyclic) bond motifs is 1. The molecule has 0 bridgehead atoms. The number of hydrogen-bond donors (Lipinski definition) is 1. The van der Waals surface area contributed by atoms with Crippen molar-refractivity contribution < 1.29 is 18.7 Å². The Hall–Kier alpha value is -2.15. The number of anilines is 1. The summed E-state index contributed by atoms with van der Waals surface area (Å²) in [6.45, 7) is 4.03. The van der Waals surface area contributed by atoms with Gasteiger partial charge in [-0.1, -0.05) is 6.07 Å². The van der Waals surface area contributed by atoms with Crippen LogP contribution in [0.15, 0.2) is 18.2 Å². The van der Waals surface area contributed by atoms with Crippen LogP contribution in [0.1, 0.15) is 5.56 Å². The van der Waals surface area contributed by atoms with E-state index in [0.717, 1.165) is 0 Å². The summed E-state index contributed by atoms with van der Waals surface area (Å²) in [5.74, 6) is -0.527. The molecule has 0 radical (unpaired) electrons. The lowest BCUT2D eigenvalue weighted by Crippen LogP contribution is -2.53. The van der Waals surface area contributed by atoms with Crippen LogP contribution < -0.4 is 5.32 Å². The van der Waals surface area contributed by atoms with E-state index in [2.05, 4.69) is 5.32 Å². The molecule has 0 aromatic heterocycles. The number of piperazine rings is 1. The fourth-order valence-corrected chi connectivity index (χ4v) is 2.83. The first kappa shape index (κ1) is 14.8. The number of hydrogen-bond acceptors (Lipinski definition) is 4. The number of halogens is 1. The second kappa shape index (κ2) is 5.92. The van der Waals surface area contributed by atoms with Crippen LogP contribution in [-0.2, 0) is 9.53 Å². The zero-order valence-corrected chi connectivity index (χ0v) is 12.3. The first-order valence-corrected chi connectivity index (χ1v) is 7.25. The van der Waals surface area contributed by atoms with Gasteiger partial charge in [0.1, 0.15) is 12.4 Å². The maximum absolute atomic E-state index is 13.5. The molecule has 118 valence electrons. The summed E-state index contributed by atoms with van der Waals surface area (Å²) < 4.78 is 18.5. The zero-order valence-electron chi connectivity index (χ0n) is 12.3. The van der Waals surface area contributed by atoms with Crippen molar-refractivity contribution in [2.24, 2.45) is 0 Å². The molecule has 2 saturated heterocycles. The van der Waals surface area contributed by atoms with E-state index in [-0.39, 0.29) is 30.4 Å². The van der Waals surface area contributed by atoms with Gasteiger partial charge in [-0.3, -0.25) is 14.6 Å². The Morgan fingerprint density at radius 3 is 3.09 bits per heavy atom.